The molecule has 3 nitrogen and oxygen atoms in total. The van der Waals surface area contributed by atoms with Gasteiger partial charge < -0.3 is 9.47 Å². The predicted octanol–water partition coefficient (Wildman–Crippen LogP) is 3.38. The lowest BCUT2D eigenvalue weighted by molar-refractivity contribution is -0.161. The highest BCUT2D eigenvalue weighted by molar-refractivity contribution is 5.69. The van der Waals surface area contributed by atoms with Gasteiger partial charge in [-0.3, -0.25) is 4.79 Å². The third-order valence-electron chi connectivity index (χ3n) is 5.49. The fraction of sp³-hybridized carbons (Fsp3) is 0.938. The summed E-state index contributed by atoms with van der Waals surface area (Å²) in [4.78, 5) is 11.2. The van der Waals surface area contributed by atoms with Crippen LogP contribution in [0.15, 0.2) is 0 Å². The van der Waals surface area contributed by atoms with Crippen molar-refractivity contribution in [3.05, 3.63) is 0 Å². The van der Waals surface area contributed by atoms with Crippen molar-refractivity contribution < 1.29 is 14.3 Å². The molecule has 0 unspecified atom stereocenters. The predicted molar refractivity (Wildman–Crippen MR) is 72.4 cm³/mol. The number of hydrogen-bond donors (Lipinski definition) is 0. The molecular formula is C16H26O3. The van der Waals surface area contributed by atoms with Crippen molar-refractivity contribution in [1.29, 1.82) is 0 Å². The molecule has 4 bridgehead atoms. The monoisotopic (exact) mass is 266 g/mol. The largest absolute Gasteiger partial charge is 0.438 e. The molecule has 0 aliphatic heterocycles. The van der Waals surface area contributed by atoms with Gasteiger partial charge in [0.15, 0.2) is 6.79 Å². The first-order valence-electron chi connectivity index (χ1n) is 7.99. The molecule has 0 heterocycles. The van der Waals surface area contributed by atoms with Gasteiger partial charge in [0.1, 0.15) is 0 Å². The maximum atomic E-state index is 11.2. The highest BCUT2D eigenvalue weighted by Crippen LogP contribution is 2.56. The summed E-state index contributed by atoms with van der Waals surface area (Å²) in [6.07, 6.45) is 8.55. The normalized spacial score (nSPS) is 39.5. The van der Waals surface area contributed by atoms with Crippen molar-refractivity contribution in [2.75, 3.05) is 13.4 Å². The number of rotatable bonds is 6. The van der Waals surface area contributed by atoms with E-state index in [4.69, 9.17) is 9.47 Å². The van der Waals surface area contributed by atoms with Gasteiger partial charge in [0.2, 0.25) is 0 Å². The van der Waals surface area contributed by atoms with Crippen LogP contribution in [0.5, 0.6) is 0 Å². The average molecular weight is 266 g/mol. The first-order valence-corrected chi connectivity index (χ1v) is 7.99. The smallest absolute Gasteiger partial charge is 0.307 e. The Balaban J connectivity index is 1.40. The first kappa shape index (κ1) is 13.4. The summed E-state index contributed by atoms with van der Waals surface area (Å²) < 4.78 is 10.7. The van der Waals surface area contributed by atoms with E-state index in [1.54, 1.807) is 0 Å². The zero-order chi connectivity index (χ0) is 13.2. The van der Waals surface area contributed by atoms with Crippen LogP contribution in [0.2, 0.25) is 0 Å². The quantitative estimate of drug-likeness (QED) is 0.420. The molecule has 108 valence electrons. The van der Waals surface area contributed by atoms with Crippen LogP contribution >= 0.6 is 0 Å². The molecule has 0 spiro atoms. The Kier molecular flexibility index (Phi) is 4.11. The standard InChI is InChI=1S/C16H26O3/c1-2-3-16(17)19-10-18-9-15-13-5-11-4-12(7-13)8-14(15)6-11/h11-15H,2-10H2,1H3. The Morgan fingerprint density at radius 3 is 2.26 bits per heavy atom. The number of hydrogen-bond acceptors (Lipinski definition) is 3. The summed E-state index contributed by atoms with van der Waals surface area (Å²) in [5.41, 5.74) is 0. The van der Waals surface area contributed by atoms with Gasteiger partial charge in [-0.1, -0.05) is 6.92 Å². The van der Waals surface area contributed by atoms with Crippen molar-refractivity contribution in [1.82, 2.24) is 0 Å². The number of carbonyl (C=O) groups is 1. The minimum Gasteiger partial charge on any atom is -0.438 e. The van der Waals surface area contributed by atoms with Gasteiger partial charge in [0, 0.05) is 6.42 Å². The SMILES string of the molecule is CCCC(=O)OCOCC1C2CC3CC(C2)CC1C3. The van der Waals surface area contributed by atoms with E-state index < -0.39 is 0 Å². The van der Waals surface area contributed by atoms with Crippen LogP contribution in [0.4, 0.5) is 0 Å². The number of ether oxygens (including phenoxy) is 2. The highest BCUT2D eigenvalue weighted by atomic mass is 16.7. The van der Waals surface area contributed by atoms with E-state index in [0.717, 1.165) is 42.6 Å². The third kappa shape index (κ3) is 2.96. The maximum Gasteiger partial charge on any atom is 0.307 e. The molecule has 0 aromatic carbocycles. The molecule has 0 saturated heterocycles. The van der Waals surface area contributed by atoms with Crippen LogP contribution in [0.3, 0.4) is 0 Å². The summed E-state index contributed by atoms with van der Waals surface area (Å²) in [6.45, 7) is 2.94. The van der Waals surface area contributed by atoms with E-state index in [1.807, 2.05) is 6.92 Å². The molecule has 4 fully saturated rings. The summed E-state index contributed by atoms with van der Waals surface area (Å²) in [6, 6.07) is 0. The molecule has 0 atom stereocenters. The van der Waals surface area contributed by atoms with E-state index in [0.29, 0.717) is 6.42 Å². The molecule has 0 aromatic rings. The molecule has 3 heteroatoms. The van der Waals surface area contributed by atoms with Gasteiger partial charge >= 0.3 is 5.97 Å². The zero-order valence-corrected chi connectivity index (χ0v) is 12.0. The maximum absolute atomic E-state index is 11.2. The van der Waals surface area contributed by atoms with Crippen molar-refractivity contribution >= 4 is 5.97 Å². The van der Waals surface area contributed by atoms with E-state index in [2.05, 4.69) is 0 Å². The van der Waals surface area contributed by atoms with Crippen molar-refractivity contribution in [3.63, 3.8) is 0 Å². The second kappa shape index (κ2) is 5.82. The molecule has 0 amide bonds. The Morgan fingerprint density at radius 1 is 1.05 bits per heavy atom. The van der Waals surface area contributed by atoms with Gasteiger partial charge in [-0.25, -0.2) is 0 Å². The van der Waals surface area contributed by atoms with Crippen molar-refractivity contribution in [2.45, 2.75) is 51.9 Å². The van der Waals surface area contributed by atoms with Crippen LogP contribution in [-0.2, 0) is 14.3 Å². The fourth-order valence-electron chi connectivity index (χ4n) is 4.88. The summed E-state index contributed by atoms with van der Waals surface area (Å²) in [7, 11) is 0. The second-order valence-corrected chi connectivity index (χ2v) is 6.85. The lowest BCUT2D eigenvalue weighted by atomic mass is 9.52. The van der Waals surface area contributed by atoms with Gasteiger partial charge in [0.05, 0.1) is 6.61 Å². The molecular weight excluding hydrogens is 240 g/mol. The molecule has 4 aliphatic carbocycles. The van der Waals surface area contributed by atoms with E-state index in [-0.39, 0.29) is 12.8 Å². The van der Waals surface area contributed by atoms with Crippen molar-refractivity contribution in [2.24, 2.45) is 29.6 Å². The topological polar surface area (TPSA) is 35.5 Å². The molecule has 19 heavy (non-hydrogen) atoms. The molecule has 0 aromatic heterocycles. The van der Waals surface area contributed by atoms with Gasteiger partial charge in [-0.15, -0.1) is 0 Å². The van der Waals surface area contributed by atoms with Crippen LogP contribution < -0.4 is 0 Å². The third-order valence-corrected chi connectivity index (χ3v) is 5.49. The Hall–Kier alpha value is -0.570. The highest BCUT2D eigenvalue weighted by Gasteiger charge is 2.47. The average Bonchev–Trinajstić information content (AvgIpc) is 2.36. The van der Waals surface area contributed by atoms with Crippen molar-refractivity contribution in [3.8, 4) is 0 Å². The molecule has 0 radical (unpaired) electrons. The number of esters is 1. The Labute approximate surface area is 116 Å². The van der Waals surface area contributed by atoms with E-state index >= 15 is 0 Å². The second-order valence-electron chi connectivity index (χ2n) is 6.85. The summed E-state index contributed by atoms with van der Waals surface area (Å²) in [5.74, 6) is 4.41. The Morgan fingerprint density at radius 2 is 1.68 bits per heavy atom. The lowest BCUT2D eigenvalue weighted by Gasteiger charge is -2.54. The molecule has 4 aliphatic rings. The minimum absolute atomic E-state index is 0.132. The summed E-state index contributed by atoms with van der Waals surface area (Å²) >= 11 is 0. The summed E-state index contributed by atoms with van der Waals surface area (Å²) in [5, 5.41) is 0. The zero-order valence-electron chi connectivity index (χ0n) is 12.0. The fourth-order valence-corrected chi connectivity index (χ4v) is 4.88. The van der Waals surface area contributed by atoms with Crippen LogP contribution in [-0.4, -0.2) is 19.4 Å². The molecule has 0 N–H and O–H groups in total. The first-order chi connectivity index (χ1) is 9.26. The molecule has 4 saturated carbocycles. The van der Waals surface area contributed by atoms with Crippen LogP contribution in [0, 0.1) is 29.6 Å². The van der Waals surface area contributed by atoms with Gasteiger partial charge in [0.25, 0.3) is 0 Å². The van der Waals surface area contributed by atoms with Gasteiger partial charge in [-0.05, 0) is 68.1 Å². The van der Waals surface area contributed by atoms with E-state index in [1.165, 1.54) is 32.1 Å². The number of carbonyl (C=O) groups excluding carboxylic acids is 1. The minimum atomic E-state index is -0.132. The van der Waals surface area contributed by atoms with Crippen LogP contribution in [0.1, 0.15) is 51.9 Å². The lowest BCUT2D eigenvalue weighted by Crippen LogP contribution is -2.46. The van der Waals surface area contributed by atoms with Crippen LogP contribution in [0.25, 0.3) is 0 Å². The Bertz CT molecular complexity index is 298. The molecule has 4 rings (SSSR count). The van der Waals surface area contributed by atoms with Gasteiger partial charge in [-0.2, -0.15) is 0 Å². The van der Waals surface area contributed by atoms with E-state index in [9.17, 15) is 4.79 Å².